The van der Waals surface area contributed by atoms with Crippen molar-refractivity contribution < 1.29 is 23.5 Å². The molecule has 2 heterocycles. The SMILES string of the molecule is CN(Cc1ccc2c(-c3ccc(F)cc3Cl)cc(=O)oc2c1)C(=O)N1CCCCC1.O=CO. The first-order chi connectivity index (χ1) is 15.8. The average molecular weight is 475 g/mol. The molecule has 1 saturated heterocycles. The molecule has 0 bridgehead atoms. The molecule has 2 amide bonds. The van der Waals surface area contributed by atoms with Crippen LogP contribution >= 0.6 is 11.6 Å². The van der Waals surface area contributed by atoms with Gasteiger partial charge in [0.05, 0.1) is 5.02 Å². The van der Waals surface area contributed by atoms with Crippen LogP contribution in [0.1, 0.15) is 24.8 Å². The first-order valence-electron chi connectivity index (χ1n) is 10.4. The molecule has 1 aliphatic heterocycles. The van der Waals surface area contributed by atoms with Crippen LogP contribution in [0.2, 0.25) is 5.02 Å². The molecule has 1 N–H and O–H groups in total. The van der Waals surface area contributed by atoms with Crippen LogP contribution in [0.5, 0.6) is 0 Å². The number of piperidine rings is 1. The van der Waals surface area contributed by atoms with Gasteiger partial charge in [0.2, 0.25) is 0 Å². The van der Waals surface area contributed by atoms with Gasteiger partial charge in [-0.15, -0.1) is 0 Å². The molecule has 0 aliphatic carbocycles. The van der Waals surface area contributed by atoms with Crippen LogP contribution < -0.4 is 5.63 Å². The Bertz CT molecular complexity index is 1210. The van der Waals surface area contributed by atoms with E-state index in [9.17, 15) is 14.0 Å². The number of amides is 2. The number of likely N-dealkylation sites (tertiary alicyclic amines) is 1. The average Bonchev–Trinajstić information content (AvgIpc) is 2.79. The Morgan fingerprint density at radius 1 is 1.15 bits per heavy atom. The van der Waals surface area contributed by atoms with Gasteiger partial charge in [0.25, 0.3) is 6.47 Å². The minimum Gasteiger partial charge on any atom is -0.483 e. The predicted octanol–water partition coefficient (Wildman–Crippen LogP) is 4.99. The molecular weight excluding hydrogens is 451 g/mol. The van der Waals surface area contributed by atoms with E-state index >= 15 is 0 Å². The number of fused-ring (bicyclic) bond motifs is 1. The van der Waals surface area contributed by atoms with Gasteiger partial charge >= 0.3 is 11.7 Å². The number of carbonyl (C=O) groups excluding carboxylic acids is 1. The number of urea groups is 1. The number of hydrogen-bond acceptors (Lipinski definition) is 4. The van der Waals surface area contributed by atoms with Crippen LogP contribution in [-0.2, 0) is 11.3 Å². The Kier molecular flexibility index (Phi) is 8.06. The molecule has 9 heteroatoms. The van der Waals surface area contributed by atoms with Gasteiger partial charge in [-0.25, -0.2) is 14.0 Å². The van der Waals surface area contributed by atoms with Gasteiger partial charge in [0, 0.05) is 49.3 Å². The number of rotatable bonds is 3. The summed E-state index contributed by atoms with van der Waals surface area (Å²) >= 11 is 6.20. The van der Waals surface area contributed by atoms with Gasteiger partial charge < -0.3 is 19.3 Å². The Labute approximate surface area is 195 Å². The van der Waals surface area contributed by atoms with E-state index in [0.717, 1.165) is 37.9 Å². The zero-order chi connectivity index (χ0) is 24.0. The predicted molar refractivity (Wildman–Crippen MR) is 124 cm³/mol. The third kappa shape index (κ3) is 5.90. The van der Waals surface area contributed by atoms with E-state index in [0.29, 0.717) is 28.6 Å². The van der Waals surface area contributed by atoms with Crippen LogP contribution in [-0.4, -0.2) is 47.5 Å². The monoisotopic (exact) mass is 474 g/mol. The van der Waals surface area contributed by atoms with Crippen molar-refractivity contribution in [3.05, 3.63) is 69.3 Å². The van der Waals surface area contributed by atoms with Gasteiger partial charge in [0.1, 0.15) is 11.4 Å². The first-order valence-corrected chi connectivity index (χ1v) is 10.8. The molecule has 1 aliphatic rings. The minimum absolute atomic E-state index is 0.00287. The molecule has 2 aromatic carbocycles. The van der Waals surface area contributed by atoms with Gasteiger partial charge in [-0.05, 0) is 49.1 Å². The lowest BCUT2D eigenvalue weighted by atomic mass is 10.0. The van der Waals surface area contributed by atoms with E-state index in [1.807, 2.05) is 17.0 Å². The van der Waals surface area contributed by atoms with Crippen LogP contribution in [0.4, 0.5) is 9.18 Å². The molecule has 33 heavy (non-hydrogen) atoms. The van der Waals surface area contributed by atoms with Crippen molar-refractivity contribution in [3.63, 3.8) is 0 Å². The normalized spacial score (nSPS) is 13.2. The minimum atomic E-state index is -0.521. The Morgan fingerprint density at radius 2 is 1.85 bits per heavy atom. The molecule has 0 atom stereocenters. The van der Waals surface area contributed by atoms with Gasteiger partial charge in [-0.3, -0.25) is 4.79 Å². The molecule has 174 valence electrons. The highest BCUT2D eigenvalue weighted by molar-refractivity contribution is 6.33. The summed E-state index contributed by atoms with van der Waals surface area (Å²) < 4.78 is 18.8. The van der Waals surface area contributed by atoms with Crippen LogP contribution in [0, 0.1) is 5.82 Å². The molecular formula is C24H24ClFN2O5. The van der Waals surface area contributed by atoms with Crippen molar-refractivity contribution in [3.8, 4) is 11.1 Å². The number of nitrogens with zero attached hydrogens (tertiary/aromatic N) is 2. The number of halogens is 2. The highest BCUT2D eigenvalue weighted by Gasteiger charge is 2.20. The molecule has 4 rings (SSSR count). The van der Waals surface area contributed by atoms with Crippen LogP contribution in [0.15, 0.2) is 51.7 Å². The van der Waals surface area contributed by atoms with E-state index < -0.39 is 11.4 Å². The molecule has 3 aromatic rings. The standard InChI is InChI=1S/C23H22ClFN2O3.CH2O2/c1-26(23(29)27-9-3-2-4-10-27)14-15-5-7-18-19(13-22(28)30-21(18)11-15)17-8-6-16(25)12-20(17)24;2-1-3/h5-8,11-13H,2-4,9-10,14H2,1H3;1H,(H,2,3). The molecule has 0 radical (unpaired) electrons. The number of carbonyl (C=O) groups is 2. The van der Waals surface area contributed by atoms with E-state index in [-0.39, 0.29) is 17.5 Å². The summed E-state index contributed by atoms with van der Waals surface area (Å²) in [6, 6.07) is 10.9. The second-order valence-corrected chi connectivity index (χ2v) is 8.13. The highest BCUT2D eigenvalue weighted by Crippen LogP contribution is 2.33. The van der Waals surface area contributed by atoms with Gasteiger partial charge in [-0.2, -0.15) is 0 Å². The van der Waals surface area contributed by atoms with Crippen molar-refractivity contribution in [1.82, 2.24) is 9.80 Å². The second-order valence-electron chi connectivity index (χ2n) is 7.73. The molecule has 0 spiro atoms. The summed E-state index contributed by atoms with van der Waals surface area (Å²) in [5, 5.41) is 7.80. The van der Waals surface area contributed by atoms with E-state index in [2.05, 4.69) is 0 Å². The summed E-state index contributed by atoms with van der Waals surface area (Å²) in [6.45, 7) is 1.73. The van der Waals surface area contributed by atoms with Crippen molar-refractivity contribution in [1.29, 1.82) is 0 Å². The van der Waals surface area contributed by atoms with Crippen molar-refractivity contribution in [2.24, 2.45) is 0 Å². The summed E-state index contributed by atoms with van der Waals surface area (Å²) in [5.41, 5.74) is 1.86. The van der Waals surface area contributed by atoms with Crippen molar-refractivity contribution >= 4 is 35.1 Å². The topological polar surface area (TPSA) is 91.1 Å². The van der Waals surface area contributed by atoms with Gasteiger partial charge in [-0.1, -0.05) is 23.7 Å². The fourth-order valence-electron chi connectivity index (χ4n) is 3.90. The van der Waals surface area contributed by atoms with Crippen LogP contribution in [0.3, 0.4) is 0 Å². The molecule has 0 saturated carbocycles. The Hall–Kier alpha value is -3.39. The molecule has 1 fully saturated rings. The lowest BCUT2D eigenvalue weighted by molar-refractivity contribution is -0.122. The fourth-order valence-corrected chi connectivity index (χ4v) is 4.17. The smallest absolute Gasteiger partial charge is 0.336 e. The van der Waals surface area contributed by atoms with E-state index in [4.69, 9.17) is 25.9 Å². The summed E-state index contributed by atoms with van der Waals surface area (Å²) in [5.74, 6) is -0.445. The summed E-state index contributed by atoms with van der Waals surface area (Å²) in [6.07, 6.45) is 3.24. The Balaban J connectivity index is 0.000000968. The zero-order valence-corrected chi connectivity index (χ0v) is 18.8. The molecule has 1 aromatic heterocycles. The maximum absolute atomic E-state index is 13.4. The largest absolute Gasteiger partial charge is 0.483 e. The van der Waals surface area contributed by atoms with Crippen molar-refractivity contribution in [2.45, 2.75) is 25.8 Å². The number of benzene rings is 2. The van der Waals surface area contributed by atoms with E-state index in [1.54, 1.807) is 24.1 Å². The maximum atomic E-state index is 13.4. The Morgan fingerprint density at radius 3 is 2.52 bits per heavy atom. The zero-order valence-electron chi connectivity index (χ0n) is 18.1. The third-order valence-corrected chi connectivity index (χ3v) is 5.72. The summed E-state index contributed by atoms with van der Waals surface area (Å²) in [4.78, 5) is 36.7. The highest BCUT2D eigenvalue weighted by atomic mass is 35.5. The first kappa shape index (κ1) is 24.3. The lowest BCUT2D eigenvalue weighted by Gasteiger charge is -2.31. The summed E-state index contributed by atoms with van der Waals surface area (Å²) in [7, 11) is 1.77. The van der Waals surface area contributed by atoms with Crippen LogP contribution in [0.25, 0.3) is 22.1 Å². The van der Waals surface area contributed by atoms with E-state index in [1.165, 1.54) is 18.2 Å². The molecule has 7 nitrogen and oxygen atoms in total. The fraction of sp³-hybridized carbons (Fsp3) is 0.292. The number of hydrogen-bond donors (Lipinski definition) is 1. The van der Waals surface area contributed by atoms with Gasteiger partial charge in [0.15, 0.2) is 0 Å². The third-order valence-electron chi connectivity index (χ3n) is 5.40. The van der Waals surface area contributed by atoms with Crippen molar-refractivity contribution in [2.75, 3.05) is 20.1 Å². The second kappa shape index (κ2) is 11.0. The maximum Gasteiger partial charge on any atom is 0.336 e. The molecule has 0 unspecified atom stereocenters. The quantitative estimate of drug-likeness (QED) is 0.426. The lowest BCUT2D eigenvalue weighted by Crippen LogP contribution is -2.43. The number of carboxylic acid groups (broad SMARTS) is 1.